The first-order valence-electron chi connectivity index (χ1n) is 8.97. The second-order valence-corrected chi connectivity index (χ2v) is 6.81. The molecule has 136 valence electrons. The molecule has 0 aromatic carbocycles. The Labute approximate surface area is 155 Å². The number of piperazine rings is 1. The Morgan fingerprint density at radius 3 is 2.67 bits per heavy atom. The predicted molar refractivity (Wildman–Crippen MR) is 104 cm³/mol. The molecule has 5 rings (SSSR count). The summed E-state index contributed by atoms with van der Waals surface area (Å²) in [6.07, 6.45) is 3.35. The number of hydrogen-bond acceptors (Lipinski definition) is 6. The number of H-pyrrole nitrogens is 1. The van der Waals surface area contributed by atoms with E-state index < -0.39 is 0 Å². The molecule has 0 amide bonds. The fraction of sp³-hybridized carbons (Fsp3) is 0.263. The van der Waals surface area contributed by atoms with Crippen molar-refractivity contribution >= 4 is 16.9 Å². The minimum atomic E-state index is -0.200. The highest BCUT2D eigenvalue weighted by Gasteiger charge is 2.22. The van der Waals surface area contributed by atoms with Gasteiger partial charge in [0.05, 0.1) is 11.1 Å². The molecule has 2 aromatic rings. The zero-order valence-corrected chi connectivity index (χ0v) is 15.0. The van der Waals surface area contributed by atoms with E-state index in [0.29, 0.717) is 22.6 Å². The molecule has 8 nitrogen and oxygen atoms in total. The van der Waals surface area contributed by atoms with E-state index in [9.17, 15) is 4.79 Å². The van der Waals surface area contributed by atoms with Gasteiger partial charge in [-0.3, -0.25) is 4.79 Å². The van der Waals surface area contributed by atoms with Crippen molar-refractivity contribution in [1.82, 2.24) is 29.6 Å². The summed E-state index contributed by atoms with van der Waals surface area (Å²) in [7, 11) is 2.13. The summed E-state index contributed by atoms with van der Waals surface area (Å²) in [6, 6.07) is 9.43. The number of fused-ring (bicyclic) bond motifs is 3. The zero-order chi connectivity index (χ0) is 18.4. The molecule has 1 fully saturated rings. The Kier molecular flexibility index (Phi) is 3.64. The summed E-state index contributed by atoms with van der Waals surface area (Å²) < 4.78 is 1.34. The molecule has 0 unspecified atom stereocenters. The average molecular weight is 361 g/mol. The van der Waals surface area contributed by atoms with Gasteiger partial charge in [-0.2, -0.15) is 9.78 Å². The fourth-order valence-corrected chi connectivity index (χ4v) is 3.46. The van der Waals surface area contributed by atoms with Gasteiger partial charge in [0.25, 0.3) is 5.56 Å². The molecule has 0 atom stereocenters. The number of pyridine rings is 3. The number of aromatic nitrogens is 5. The summed E-state index contributed by atoms with van der Waals surface area (Å²) in [4.78, 5) is 29.6. The van der Waals surface area contributed by atoms with Crippen LogP contribution in [-0.2, 0) is 0 Å². The second-order valence-electron chi connectivity index (χ2n) is 6.81. The van der Waals surface area contributed by atoms with E-state index in [-0.39, 0.29) is 5.56 Å². The SMILES string of the molecule is CN1CCN(c2ccc3[nH]cc4c(=O)n(-c5ccccn5)nc-4c3n2)CC1. The van der Waals surface area contributed by atoms with Crippen molar-refractivity contribution in [2.75, 3.05) is 38.1 Å². The van der Waals surface area contributed by atoms with Crippen LogP contribution in [-0.4, -0.2) is 62.9 Å². The van der Waals surface area contributed by atoms with E-state index in [1.807, 2.05) is 24.3 Å². The van der Waals surface area contributed by atoms with Gasteiger partial charge in [0, 0.05) is 38.6 Å². The van der Waals surface area contributed by atoms with Crippen LogP contribution in [0.5, 0.6) is 0 Å². The highest BCUT2D eigenvalue weighted by atomic mass is 16.1. The van der Waals surface area contributed by atoms with E-state index in [4.69, 9.17) is 4.98 Å². The highest BCUT2D eigenvalue weighted by Crippen LogP contribution is 2.26. The monoisotopic (exact) mass is 361 g/mol. The molecule has 3 aliphatic heterocycles. The topological polar surface area (TPSA) is 82.9 Å². The maximum atomic E-state index is 12.8. The molecule has 2 aromatic heterocycles. The molecule has 0 spiro atoms. The lowest BCUT2D eigenvalue weighted by molar-refractivity contribution is 0.312. The summed E-state index contributed by atoms with van der Waals surface area (Å²) in [6.45, 7) is 3.89. The maximum Gasteiger partial charge on any atom is 0.283 e. The van der Waals surface area contributed by atoms with Gasteiger partial charge >= 0.3 is 0 Å². The Morgan fingerprint density at radius 1 is 1.04 bits per heavy atom. The molecule has 0 bridgehead atoms. The number of hydrogen-bond donors (Lipinski definition) is 1. The van der Waals surface area contributed by atoms with Crippen LogP contribution in [0.15, 0.2) is 47.5 Å². The first-order valence-corrected chi connectivity index (χ1v) is 8.97. The number of nitrogens with one attached hydrogen (secondary N) is 1. The molecule has 3 aliphatic rings. The van der Waals surface area contributed by atoms with Gasteiger partial charge in [0.1, 0.15) is 17.0 Å². The van der Waals surface area contributed by atoms with Gasteiger partial charge in [-0.1, -0.05) is 6.07 Å². The zero-order valence-electron chi connectivity index (χ0n) is 15.0. The first kappa shape index (κ1) is 16.0. The molecule has 8 heteroatoms. The normalized spacial score (nSPS) is 15.7. The molecule has 0 saturated carbocycles. The van der Waals surface area contributed by atoms with Gasteiger partial charge in [0.2, 0.25) is 0 Å². The molecule has 0 aliphatic carbocycles. The largest absolute Gasteiger partial charge is 0.359 e. The number of aromatic amines is 1. The minimum Gasteiger partial charge on any atom is -0.359 e. The summed E-state index contributed by atoms with van der Waals surface area (Å²) in [5, 5.41) is 4.54. The lowest BCUT2D eigenvalue weighted by Crippen LogP contribution is -2.44. The standard InChI is InChI=1S/C19H19N7O/c1-24-8-10-25(11-9-24)16-6-5-14-18(22-16)17-13(12-21-14)19(27)26(23-17)15-4-2-3-7-20-15/h2-7,12,21H,8-11H2,1H3. The lowest BCUT2D eigenvalue weighted by Gasteiger charge is -2.33. The van der Waals surface area contributed by atoms with Crippen molar-refractivity contribution in [2.24, 2.45) is 0 Å². The van der Waals surface area contributed by atoms with Crippen LogP contribution in [0.2, 0.25) is 0 Å². The van der Waals surface area contributed by atoms with Gasteiger partial charge in [-0.05, 0) is 31.3 Å². The third kappa shape index (κ3) is 2.65. The van der Waals surface area contributed by atoms with Crippen molar-refractivity contribution in [3.05, 3.63) is 53.1 Å². The van der Waals surface area contributed by atoms with Crippen molar-refractivity contribution in [1.29, 1.82) is 0 Å². The van der Waals surface area contributed by atoms with Crippen molar-refractivity contribution in [3.8, 4) is 17.1 Å². The Bertz CT molecular complexity index is 1130. The second kappa shape index (κ2) is 6.17. The molecular weight excluding hydrogens is 342 g/mol. The van der Waals surface area contributed by atoms with Crippen LogP contribution in [0.25, 0.3) is 28.1 Å². The van der Waals surface area contributed by atoms with E-state index >= 15 is 0 Å². The number of nitrogens with zero attached hydrogens (tertiary/aromatic N) is 6. The van der Waals surface area contributed by atoms with Gasteiger partial charge in [0.15, 0.2) is 5.82 Å². The van der Waals surface area contributed by atoms with E-state index in [1.54, 1.807) is 18.5 Å². The quantitative estimate of drug-likeness (QED) is 0.580. The van der Waals surface area contributed by atoms with Crippen LogP contribution in [0.1, 0.15) is 0 Å². The van der Waals surface area contributed by atoms with Gasteiger partial charge < -0.3 is 14.8 Å². The smallest absolute Gasteiger partial charge is 0.283 e. The van der Waals surface area contributed by atoms with Crippen molar-refractivity contribution in [2.45, 2.75) is 0 Å². The van der Waals surface area contributed by atoms with E-state index in [1.165, 1.54) is 4.68 Å². The highest BCUT2D eigenvalue weighted by molar-refractivity contribution is 5.91. The summed E-state index contributed by atoms with van der Waals surface area (Å²) in [5.74, 6) is 1.42. The van der Waals surface area contributed by atoms with Gasteiger partial charge in [-0.25, -0.2) is 9.97 Å². The first-order chi connectivity index (χ1) is 13.2. The average Bonchev–Trinajstić information content (AvgIpc) is 3.06. The van der Waals surface area contributed by atoms with Gasteiger partial charge in [-0.15, -0.1) is 0 Å². The van der Waals surface area contributed by atoms with Crippen molar-refractivity contribution in [3.63, 3.8) is 0 Å². The minimum absolute atomic E-state index is 0.200. The lowest BCUT2D eigenvalue weighted by atomic mass is 10.2. The van der Waals surface area contributed by atoms with Crippen LogP contribution < -0.4 is 10.5 Å². The maximum absolute atomic E-state index is 12.8. The van der Waals surface area contributed by atoms with E-state index in [2.05, 4.69) is 31.9 Å². The molecule has 27 heavy (non-hydrogen) atoms. The Morgan fingerprint density at radius 2 is 1.89 bits per heavy atom. The van der Waals surface area contributed by atoms with Crippen molar-refractivity contribution < 1.29 is 0 Å². The molecule has 1 N–H and O–H groups in total. The molecule has 0 radical (unpaired) electrons. The molecule has 1 saturated heterocycles. The fourth-order valence-electron chi connectivity index (χ4n) is 3.46. The van der Waals surface area contributed by atoms with Crippen LogP contribution in [0.4, 0.5) is 5.82 Å². The number of anilines is 1. The molecule has 5 heterocycles. The van der Waals surface area contributed by atoms with Crippen LogP contribution >= 0.6 is 0 Å². The Balaban J connectivity index is 1.65. The number of likely N-dealkylation sites (N-methyl/N-ethyl adjacent to an activating group) is 1. The third-order valence-electron chi connectivity index (χ3n) is 5.05. The summed E-state index contributed by atoms with van der Waals surface area (Å²) >= 11 is 0. The summed E-state index contributed by atoms with van der Waals surface area (Å²) in [5.41, 5.74) is 2.46. The van der Waals surface area contributed by atoms with Crippen LogP contribution in [0, 0.1) is 0 Å². The van der Waals surface area contributed by atoms with E-state index in [0.717, 1.165) is 37.5 Å². The molecular formula is C19H19N7O. The third-order valence-corrected chi connectivity index (χ3v) is 5.05. The predicted octanol–water partition coefficient (Wildman–Crippen LogP) is 1.36. The Hall–Kier alpha value is -3.26. The van der Waals surface area contributed by atoms with Crippen LogP contribution in [0.3, 0.4) is 0 Å². The number of rotatable bonds is 2.